The highest BCUT2D eigenvalue weighted by Gasteiger charge is 2.21. The van der Waals surface area contributed by atoms with Crippen LogP contribution in [0.4, 0.5) is 4.39 Å². The molecule has 0 aromatic heterocycles. The lowest BCUT2D eigenvalue weighted by molar-refractivity contribution is 0.389. The van der Waals surface area contributed by atoms with E-state index in [-0.39, 0.29) is 11.9 Å². The van der Waals surface area contributed by atoms with Crippen molar-refractivity contribution in [3.63, 3.8) is 0 Å². The summed E-state index contributed by atoms with van der Waals surface area (Å²) in [6.07, 6.45) is 4.03. The topological polar surface area (TPSA) is 26.0 Å². The molecule has 0 aliphatic heterocycles. The van der Waals surface area contributed by atoms with Crippen LogP contribution in [-0.4, -0.2) is 6.04 Å². The van der Waals surface area contributed by atoms with E-state index in [0.29, 0.717) is 5.92 Å². The van der Waals surface area contributed by atoms with Gasteiger partial charge in [0.25, 0.3) is 0 Å². The number of rotatable bonds is 2. The molecule has 1 nitrogen and oxygen atoms in total. The Balaban J connectivity index is 2.15. The summed E-state index contributed by atoms with van der Waals surface area (Å²) < 4.78 is 13.6. The van der Waals surface area contributed by atoms with Crippen molar-refractivity contribution in [1.82, 2.24) is 0 Å². The van der Waals surface area contributed by atoms with Crippen LogP contribution in [0, 0.1) is 11.7 Å². The predicted octanol–water partition coefficient (Wildman–Crippen LogP) is 2.67. The van der Waals surface area contributed by atoms with E-state index < -0.39 is 0 Å². The molecule has 82 valence electrons. The van der Waals surface area contributed by atoms with Gasteiger partial charge in [0.1, 0.15) is 5.82 Å². The molecule has 2 unspecified atom stereocenters. The van der Waals surface area contributed by atoms with Crippen LogP contribution in [0.3, 0.4) is 0 Å². The van der Waals surface area contributed by atoms with Crippen LogP contribution in [-0.2, 0) is 12.8 Å². The van der Waals surface area contributed by atoms with Gasteiger partial charge in [-0.15, -0.1) is 0 Å². The number of nitrogens with two attached hydrogens (primary N) is 1. The third-order valence-corrected chi connectivity index (χ3v) is 3.24. The van der Waals surface area contributed by atoms with Crippen molar-refractivity contribution < 1.29 is 4.39 Å². The van der Waals surface area contributed by atoms with E-state index in [9.17, 15) is 4.39 Å². The second-order valence-corrected chi connectivity index (χ2v) is 4.70. The number of hydrogen-bond donors (Lipinski definition) is 1. The van der Waals surface area contributed by atoms with Crippen molar-refractivity contribution in [3.05, 3.63) is 35.1 Å². The minimum atomic E-state index is -0.0399. The van der Waals surface area contributed by atoms with Crippen LogP contribution in [0.25, 0.3) is 0 Å². The summed E-state index contributed by atoms with van der Waals surface area (Å²) >= 11 is 0. The summed E-state index contributed by atoms with van der Waals surface area (Å²) in [4.78, 5) is 0. The molecule has 2 heteroatoms. The fraction of sp³-hybridized carbons (Fsp3) is 0.538. The van der Waals surface area contributed by atoms with Crippen LogP contribution >= 0.6 is 0 Å². The van der Waals surface area contributed by atoms with Gasteiger partial charge in [-0.1, -0.05) is 12.1 Å². The normalized spacial score (nSPS) is 22.2. The zero-order valence-electron chi connectivity index (χ0n) is 9.17. The Morgan fingerprint density at radius 3 is 3.07 bits per heavy atom. The molecule has 0 fully saturated rings. The minimum Gasteiger partial charge on any atom is -0.328 e. The second-order valence-electron chi connectivity index (χ2n) is 4.70. The summed E-state index contributed by atoms with van der Waals surface area (Å²) in [5.41, 5.74) is 7.90. The fourth-order valence-electron chi connectivity index (χ4n) is 2.54. The first kappa shape index (κ1) is 10.6. The van der Waals surface area contributed by atoms with Gasteiger partial charge in [0, 0.05) is 6.04 Å². The number of halogens is 1. The minimum absolute atomic E-state index is 0.0399. The fourth-order valence-corrected chi connectivity index (χ4v) is 2.54. The highest BCUT2D eigenvalue weighted by molar-refractivity contribution is 5.31. The van der Waals surface area contributed by atoms with E-state index in [1.165, 1.54) is 5.56 Å². The lowest BCUT2D eigenvalue weighted by Gasteiger charge is -2.26. The highest BCUT2D eigenvalue weighted by atomic mass is 19.1. The van der Waals surface area contributed by atoms with Gasteiger partial charge in [0.15, 0.2) is 0 Å². The van der Waals surface area contributed by atoms with E-state index >= 15 is 0 Å². The summed E-state index contributed by atoms with van der Waals surface area (Å²) in [7, 11) is 0. The molecular formula is C13H18FN. The quantitative estimate of drug-likeness (QED) is 0.792. The number of aryl methyl sites for hydroxylation is 1. The van der Waals surface area contributed by atoms with Gasteiger partial charge >= 0.3 is 0 Å². The van der Waals surface area contributed by atoms with Gasteiger partial charge in [-0.05, 0) is 55.7 Å². The Morgan fingerprint density at radius 1 is 1.53 bits per heavy atom. The highest BCUT2D eigenvalue weighted by Crippen LogP contribution is 2.29. The average Bonchev–Trinajstić information content (AvgIpc) is 2.18. The largest absolute Gasteiger partial charge is 0.328 e. The molecule has 0 saturated carbocycles. The standard InChI is InChI=1S/C13H18FN/c1-9(15)7-10-5-6-11-3-2-4-13(14)12(11)8-10/h2-4,9-10H,5-8,15H2,1H3. The Hall–Kier alpha value is -0.890. The maximum Gasteiger partial charge on any atom is 0.126 e. The third-order valence-electron chi connectivity index (χ3n) is 3.24. The predicted molar refractivity (Wildman–Crippen MR) is 60.2 cm³/mol. The summed E-state index contributed by atoms with van der Waals surface area (Å²) in [5.74, 6) is 0.524. The Labute approximate surface area is 90.5 Å². The number of benzene rings is 1. The molecule has 0 bridgehead atoms. The number of fused-ring (bicyclic) bond motifs is 1. The van der Waals surface area contributed by atoms with E-state index in [1.807, 2.05) is 13.0 Å². The van der Waals surface area contributed by atoms with Crippen molar-refractivity contribution in [2.75, 3.05) is 0 Å². The monoisotopic (exact) mass is 207 g/mol. The van der Waals surface area contributed by atoms with Crippen LogP contribution in [0.1, 0.15) is 30.9 Å². The van der Waals surface area contributed by atoms with Gasteiger partial charge in [0.2, 0.25) is 0 Å². The van der Waals surface area contributed by atoms with Gasteiger partial charge in [-0.2, -0.15) is 0 Å². The second kappa shape index (κ2) is 4.31. The van der Waals surface area contributed by atoms with Crippen molar-refractivity contribution in [1.29, 1.82) is 0 Å². The first-order chi connectivity index (χ1) is 7.16. The van der Waals surface area contributed by atoms with E-state index in [0.717, 1.165) is 31.2 Å². The maximum atomic E-state index is 13.6. The average molecular weight is 207 g/mol. The van der Waals surface area contributed by atoms with E-state index in [4.69, 9.17) is 5.73 Å². The van der Waals surface area contributed by atoms with Crippen LogP contribution < -0.4 is 5.73 Å². The first-order valence-electron chi connectivity index (χ1n) is 5.68. The molecule has 2 rings (SSSR count). The van der Waals surface area contributed by atoms with Crippen LogP contribution in [0.5, 0.6) is 0 Å². The van der Waals surface area contributed by atoms with E-state index in [2.05, 4.69) is 0 Å². The van der Waals surface area contributed by atoms with Gasteiger partial charge in [-0.3, -0.25) is 0 Å². The van der Waals surface area contributed by atoms with Gasteiger partial charge in [0.05, 0.1) is 0 Å². The van der Waals surface area contributed by atoms with Crippen molar-refractivity contribution in [2.45, 2.75) is 38.6 Å². The lowest BCUT2D eigenvalue weighted by atomic mass is 9.81. The summed E-state index contributed by atoms with van der Waals surface area (Å²) in [5, 5.41) is 0. The molecule has 1 aliphatic rings. The molecule has 0 amide bonds. The Kier molecular flexibility index (Phi) is 3.06. The molecule has 0 radical (unpaired) electrons. The Morgan fingerprint density at radius 2 is 2.33 bits per heavy atom. The summed E-state index contributed by atoms with van der Waals surface area (Å²) in [6.45, 7) is 2.02. The molecule has 0 saturated heterocycles. The van der Waals surface area contributed by atoms with E-state index in [1.54, 1.807) is 12.1 Å². The molecule has 1 aromatic carbocycles. The number of hydrogen-bond acceptors (Lipinski definition) is 1. The molecule has 0 heterocycles. The lowest BCUT2D eigenvalue weighted by Crippen LogP contribution is -2.24. The van der Waals surface area contributed by atoms with Crippen LogP contribution in [0.2, 0.25) is 0 Å². The molecule has 1 aliphatic carbocycles. The Bertz CT molecular complexity index is 346. The van der Waals surface area contributed by atoms with Crippen molar-refractivity contribution >= 4 is 0 Å². The van der Waals surface area contributed by atoms with Crippen molar-refractivity contribution in [2.24, 2.45) is 11.7 Å². The molecule has 0 spiro atoms. The van der Waals surface area contributed by atoms with Crippen molar-refractivity contribution in [3.8, 4) is 0 Å². The van der Waals surface area contributed by atoms with Gasteiger partial charge in [-0.25, -0.2) is 4.39 Å². The molecule has 2 N–H and O–H groups in total. The van der Waals surface area contributed by atoms with Gasteiger partial charge < -0.3 is 5.73 Å². The summed E-state index contributed by atoms with van der Waals surface area (Å²) in [6, 6.07) is 5.64. The molecule has 1 aromatic rings. The SMILES string of the molecule is CC(N)CC1CCc2cccc(F)c2C1. The zero-order chi connectivity index (χ0) is 10.8. The first-order valence-corrected chi connectivity index (χ1v) is 5.68. The third kappa shape index (κ3) is 2.37. The molecular weight excluding hydrogens is 189 g/mol. The molecule has 2 atom stereocenters. The molecule has 15 heavy (non-hydrogen) atoms. The van der Waals surface area contributed by atoms with Crippen LogP contribution in [0.15, 0.2) is 18.2 Å². The zero-order valence-corrected chi connectivity index (χ0v) is 9.17. The smallest absolute Gasteiger partial charge is 0.126 e. The maximum absolute atomic E-state index is 13.6.